The molecule has 59 heavy (non-hydrogen) atoms. The highest BCUT2D eigenvalue weighted by atomic mass is 35.5. The van der Waals surface area contributed by atoms with Crippen LogP contribution in [0, 0.1) is 11.8 Å². The summed E-state index contributed by atoms with van der Waals surface area (Å²) in [5.74, 6) is 0.208. The first kappa shape index (κ1) is 42.0. The van der Waals surface area contributed by atoms with Crippen molar-refractivity contribution in [1.82, 2.24) is 10.3 Å². The van der Waals surface area contributed by atoms with Gasteiger partial charge in [-0.1, -0.05) is 67.9 Å². The molecule has 312 valence electrons. The Kier molecular flexibility index (Phi) is 12.6. The minimum Gasteiger partial charge on any atom is -0.494 e. The Labute approximate surface area is 352 Å². The van der Waals surface area contributed by atoms with E-state index < -0.39 is 23.0 Å². The van der Waals surface area contributed by atoms with Crippen molar-refractivity contribution in [3.05, 3.63) is 118 Å². The topological polar surface area (TPSA) is 147 Å². The molecule has 0 aliphatic heterocycles. The third-order valence-electron chi connectivity index (χ3n) is 13.3. The minimum atomic E-state index is -1.55. The molecule has 1 fully saturated rings. The Morgan fingerprint density at radius 3 is 2.49 bits per heavy atom. The van der Waals surface area contributed by atoms with E-state index in [1.54, 1.807) is 42.5 Å². The van der Waals surface area contributed by atoms with Crippen LogP contribution >= 0.6 is 11.6 Å². The SMILES string of the molecule is C[C@@H](COc1ccnc2c1[C@H](C)CCC2)C[C@H]1Cc2ccc(OCCCC(=O)NC(C)(C(=O)O)c3ccccc3)cc2C12CCC(Nc1cccc(Cl)c1)(C(=O)O)CC2. The maximum absolute atomic E-state index is 13.1. The fraction of sp³-hybridized carbons (Fsp3) is 0.458. The van der Waals surface area contributed by atoms with Crippen LogP contribution in [0.25, 0.3) is 0 Å². The lowest BCUT2D eigenvalue weighted by molar-refractivity contribution is -0.147. The van der Waals surface area contributed by atoms with E-state index >= 15 is 0 Å². The minimum absolute atomic E-state index is 0.102. The summed E-state index contributed by atoms with van der Waals surface area (Å²) in [6.45, 7) is 6.86. The van der Waals surface area contributed by atoms with Crippen LogP contribution in [0.3, 0.4) is 0 Å². The average molecular weight is 822 g/mol. The van der Waals surface area contributed by atoms with Crippen molar-refractivity contribution in [3.63, 3.8) is 0 Å². The number of halogens is 1. The second-order valence-electron chi connectivity index (χ2n) is 17.3. The Morgan fingerprint density at radius 2 is 1.76 bits per heavy atom. The summed E-state index contributed by atoms with van der Waals surface area (Å²) in [6.07, 6.45) is 9.68. The zero-order chi connectivity index (χ0) is 41.8. The standard InChI is InChI=1S/C48H56ClN3O7/c1-31(30-59-41-19-24-50-40-15-7-10-32(2)43(40)41)26-35-27-33-17-18-38(58-25-9-16-42(53)52-46(3,44(54)55)34-11-5-4-6-12-34)29-39(33)47(35)20-22-48(23-21-47,45(56)57)51-37-14-8-13-36(49)28-37/h4-6,8,11-14,17-19,24,28-29,31-32,35,51H,7,9-10,15-16,20-23,25-27,30H2,1-3H3,(H,52,53)(H,54,55)(H,56,57)/t31-,32-,35+,46?,47?,48?/m1/s1. The highest BCUT2D eigenvalue weighted by Crippen LogP contribution is 2.57. The molecule has 4 aromatic rings. The second-order valence-corrected chi connectivity index (χ2v) is 17.7. The van der Waals surface area contributed by atoms with Crippen molar-refractivity contribution in [1.29, 1.82) is 0 Å². The first-order chi connectivity index (χ1) is 28.3. The number of aromatic nitrogens is 1. The molecule has 11 heteroatoms. The van der Waals surface area contributed by atoms with Crippen LogP contribution in [-0.2, 0) is 38.2 Å². The summed E-state index contributed by atoms with van der Waals surface area (Å²) < 4.78 is 12.8. The molecule has 4 N–H and O–H groups in total. The summed E-state index contributed by atoms with van der Waals surface area (Å²) in [4.78, 5) is 42.9. The molecule has 1 saturated carbocycles. The number of amides is 1. The molecule has 1 aromatic heterocycles. The van der Waals surface area contributed by atoms with Crippen LogP contribution in [0.15, 0.2) is 85.1 Å². The number of hydrogen-bond donors (Lipinski definition) is 4. The summed E-state index contributed by atoms with van der Waals surface area (Å²) in [5.41, 5.74) is 3.11. The summed E-state index contributed by atoms with van der Waals surface area (Å²) in [5, 5.41) is 27.3. The van der Waals surface area contributed by atoms with Gasteiger partial charge in [0.15, 0.2) is 5.54 Å². The molecule has 0 saturated heterocycles. The molecule has 1 spiro atoms. The van der Waals surface area contributed by atoms with E-state index in [0.717, 1.165) is 43.5 Å². The third kappa shape index (κ3) is 8.93. The van der Waals surface area contributed by atoms with Crippen LogP contribution in [-0.4, -0.2) is 51.8 Å². The van der Waals surface area contributed by atoms with Gasteiger partial charge in [0.2, 0.25) is 5.91 Å². The van der Waals surface area contributed by atoms with Crippen molar-refractivity contribution in [3.8, 4) is 11.5 Å². The lowest BCUT2D eigenvalue weighted by atomic mass is 9.59. The smallest absolute Gasteiger partial charge is 0.333 e. The van der Waals surface area contributed by atoms with E-state index in [0.29, 0.717) is 66.7 Å². The van der Waals surface area contributed by atoms with Crippen LogP contribution in [0.4, 0.5) is 5.69 Å². The fourth-order valence-electron chi connectivity index (χ4n) is 9.95. The fourth-order valence-corrected chi connectivity index (χ4v) is 10.1. The first-order valence-corrected chi connectivity index (χ1v) is 21.4. The van der Waals surface area contributed by atoms with Gasteiger partial charge < -0.3 is 30.3 Å². The van der Waals surface area contributed by atoms with Crippen LogP contribution in [0.2, 0.25) is 5.02 Å². The molecule has 3 aromatic carbocycles. The number of benzene rings is 3. The normalized spacial score (nSPS) is 23.6. The Hall–Kier alpha value is -5.09. The molecule has 7 rings (SSSR count). The van der Waals surface area contributed by atoms with E-state index in [2.05, 4.69) is 41.6 Å². The number of aryl methyl sites for hydroxylation is 1. The van der Waals surface area contributed by atoms with Crippen molar-refractivity contribution in [2.45, 2.75) is 114 Å². The number of carbonyl (C=O) groups excluding carboxylic acids is 1. The molecule has 3 aliphatic rings. The molecule has 0 bridgehead atoms. The molecule has 1 heterocycles. The predicted octanol–water partition coefficient (Wildman–Crippen LogP) is 9.47. The number of nitrogens with one attached hydrogen (secondary N) is 2. The molecular formula is C48H56ClN3O7. The summed E-state index contributed by atoms with van der Waals surface area (Å²) in [7, 11) is 0. The molecule has 0 radical (unpaired) electrons. The van der Waals surface area contributed by atoms with Gasteiger partial charge in [0, 0.05) is 34.6 Å². The van der Waals surface area contributed by atoms with E-state index in [9.17, 15) is 24.6 Å². The van der Waals surface area contributed by atoms with E-state index in [-0.39, 0.29) is 36.2 Å². The number of pyridine rings is 1. The van der Waals surface area contributed by atoms with E-state index in [1.165, 1.54) is 23.6 Å². The lowest BCUT2D eigenvalue weighted by Gasteiger charge is -2.47. The zero-order valence-corrected chi connectivity index (χ0v) is 35.0. The zero-order valence-electron chi connectivity index (χ0n) is 34.3. The van der Waals surface area contributed by atoms with Gasteiger partial charge in [-0.05, 0) is 147 Å². The summed E-state index contributed by atoms with van der Waals surface area (Å²) in [6, 6.07) is 24.2. The molecule has 1 unspecified atom stereocenters. The van der Waals surface area contributed by atoms with Crippen LogP contribution < -0.4 is 20.1 Å². The van der Waals surface area contributed by atoms with Gasteiger partial charge in [-0.25, -0.2) is 9.59 Å². The van der Waals surface area contributed by atoms with Gasteiger partial charge in [-0.15, -0.1) is 0 Å². The molecule has 1 amide bonds. The van der Waals surface area contributed by atoms with Gasteiger partial charge in [-0.3, -0.25) is 9.78 Å². The average Bonchev–Trinajstić information content (AvgIpc) is 3.50. The number of ether oxygens (including phenoxy) is 2. The number of fused-ring (bicyclic) bond motifs is 3. The van der Waals surface area contributed by atoms with Gasteiger partial charge in [0.25, 0.3) is 0 Å². The van der Waals surface area contributed by atoms with Gasteiger partial charge in [0.1, 0.15) is 17.0 Å². The maximum Gasteiger partial charge on any atom is 0.333 e. The number of hydrogen-bond acceptors (Lipinski definition) is 7. The Balaban J connectivity index is 1.06. The highest BCUT2D eigenvalue weighted by Gasteiger charge is 2.54. The number of carbonyl (C=O) groups is 3. The number of anilines is 1. The molecular weight excluding hydrogens is 766 g/mol. The molecule has 10 nitrogen and oxygen atoms in total. The first-order valence-electron chi connectivity index (χ1n) is 21.1. The van der Waals surface area contributed by atoms with Crippen molar-refractivity contribution in [2.24, 2.45) is 11.8 Å². The van der Waals surface area contributed by atoms with Gasteiger partial charge in [-0.2, -0.15) is 0 Å². The van der Waals surface area contributed by atoms with E-state index in [1.807, 2.05) is 30.5 Å². The lowest BCUT2D eigenvalue weighted by Crippen LogP contribution is -2.53. The number of aliphatic carboxylic acids is 2. The van der Waals surface area contributed by atoms with Gasteiger partial charge >= 0.3 is 11.9 Å². The number of carboxylic acids is 2. The summed E-state index contributed by atoms with van der Waals surface area (Å²) >= 11 is 6.30. The van der Waals surface area contributed by atoms with Crippen LogP contribution in [0.1, 0.15) is 112 Å². The highest BCUT2D eigenvalue weighted by molar-refractivity contribution is 6.30. The molecule has 3 aliphatic carbocycles. The quantitative estimate of drug-likeness (QED) is 0.0812. The van der Waals surface area contributed by atoms with Crippen molar-refractivity contribution < 1.29 is 34.1 Å². The largest absolute Gasteiger partial charge is 0.494 e. The Morgan fingerprint density at radius 1 is 0.983 bits per heavy atom. The van der Waals surface area contributed by atoms with E-state index in [4.69, 9.17) is 21.1 Å². The predicted molar refractivity (Wildman–Crippen MR) is 228 cm³/mol. The van der Waals surface area contributed by atoms with Crippen molar-refractivity contribution in [2.75, 3.05) is 18.5 Å². The monoisotopic (exact) mass is 821 g/mol. The van der Waals surface area contributed by atoms with Gasteiger partial charge in [0.05, 0.1) is 13.2 Å². The molecule has 4 atom stereocenters. The number of rotatable bonds is 16. The Bertz CT molecular complexity index is 2150. The maximum atomic E-state index is 13.1. The van der Waals surface area contributed by atoms with Crippen LogP contribution in [0.5, 0.6) is 11.5 Å². The van der Waals surface area contributed by atoms with Crippen molar-refractivity contribution >= 4 is 35.1 Å². The number of carboxylic acid groups (broad SMARTS) is 2. The second kappa shape index (κ2) is 17.6. The third-order valence-corrected chi connectivity index (χ3v) is 13.5. The number of nitrogens with zero attached hydrogens (tertiary/aromatic N) is 1.